The minimum absolute atomic E-state index is 0.0753. The van der Waals surface area contributed by atoms with Crippen molar-refractivity contribution in [2.45, 2.75) is 31.8 Å². The summed E-state index contributed by atoms with van der Waals surface area (Å²) in [4.78, 5) is 27.2. The lowest BCUT2D eigenvalue weighted by Gasteiger charge is -2.33. The number of tetrazole rings is 1. The van der Waals surface area contributed by atoms with Crippen LogP contribution >= 0.6 is 11.6 Å². The average molecular weight is 364 g/mol. The first-order chi connectivity index (χ1) is 12.1. The van der Waals surface area contributed by atoms with Gasteiger partial charge in [-0.15, -0.1) is 10.2 Å². The van der Waals surface area contributed by atoms with E-state index in [-0.39, 0.29) is 18.4 Å². The first-order valence-electron chi connectivity index (χ1n) is 7.99. The fourth-order valence-corrected chi connectivity index (χ4v) is 2.97. The molecule has 2 aromatic rings. The molecule has 1 aliphatic heterocycles. The Morgan fingerprint density at radius 3 is 2.76 bits per heavy atom. The predicted molar refractivity (Wildman–Crippen MR) is 89.6 cm³/mol. The number of aromatic nitrogens is 4. The highest BCUT2D eigenvalue weighted by Gasteiger charge is 2.33. The van der Waals surface area contributed by atoms with Crippen LogP contribution in [0.4, 0.5) is 0 Å². The molecule has 1 saturated heterocycles. The number of hydrogen-bond acceptors (Lipinski definition) is 6. The number of piperidine rings is 1. The maximum Gasteiger partial charge on any atom is 0.328 e. The van der Waals surface area contributed by atoms with Gasteiger partial charge in [-0.3, -0.25) is 4.79 Å². The van der Waals surface area contributed by atoms with Crippen LogP contribution < -0.4 is 0 Å². The van der Waals surface area contributed by atoms with Crippen LogP contribution in [0.2, 0.25) is 5.02 Å². The van der Waals surface area contributed by atoms with Crippen LogP contribution in [0.15, 0.2) is 24.3 Å². The lowest BCUT2D eigenvalue weighted by molar-refractivity contribution is -0.155. The van der Waals surface area contributed by atoms with Gasteiger partial charge in [-0.05, 0) is 48.7 Å². The minimum atomic E-state index is -0.537. The Hall–Kier alpha value is -2.48. The molecule has 1 aliphatic rings. The SMILES string of the molecule is COC(=O)C1CCCCN1C(=O)Cn1nnc(-c2ccc(Cl)cc2)n1. The number of benzene rings is 1. The number of hydrogen-bond donors (Lipinski definition) is 0. The highest BCUT2D eigenvalue weighted by molar-refractivity contribution is 6.30. The zero-order chi connectivity index (χ0) is 17.8. The van der Waals surface area contributed by atoms with Crippen LogP contribution in [0.5, 0.6) is 0 Å². The van der Waals surface area contributed by atoms with E-state index >= 15 is 0 Å². The van der Waals surface area contributed by atoms with Crippen molar-refractivity contribution in [3.8, 4) is 11.4 Å². The van der Waals surface area contributed by atoms with Crippen molar-refractivity contribution < 1.29 is 14.3 Å². The van der Waals surface area contributed by atoms with E-state index in [0.717, 1.165) is 18.4 Å². The number of halogens is 1. The molecule has 0 spiro atoms. The Morgan fingerprint density at radius 1 is 1.28 bits per heavy atom. The van der Waals surface area contributed by atoms with Gasteiger partial charge in [0.05, 0.1) is 7.11 Å². The standard InChI is InChI=1S/C16H18ClN5O3/c1-25-16(24)13-4-2-3-9-21(13)14(23)10-22-19-15(18-20-22)11-5-7-12(17)8-6-11/h5-8,13H,2-4,9-10H2,1H3. The van der Waals surface area contributed by atoms with E-state index in [2.05, 4.69) is 15.4 Å². The molecule has 0 aliphatic carbocycles. The second-order valence-corrected chi connectivity index (χ2v) is 6.21. The van der Waals surface area contributed by atoms with Gasteiger partial charge in [0.15, 0.2) is 0 Å². The fraction of sp³-hybridized carbons (Fsp3) is 0.438. The molecule has 0 N–H and O–H groups in total. The van der Waals surface area contributed by atoms with Gasteiger partial charge in [-0.2, -0.15) is 4.80 Å². The summed E-state index contributed by atoms with van der Waals surface area (Å²) in [6.07, 6.45) is 2.37. The summed E-state index contributed by atoms with van der Waals surface area (Å²) in [6.45, 7) is 0.450. The molecule has 1 fully saturated rings. The monoisotopic (exact) mass is 363 g/mol. The molecule has 0 radical (unpaired) electrons. The van der Waals surface area contributed by atoms with Crippen molar-refractivity contribution in [1.82, 2.24) is 25.1 Å². The molecule has 9 heteroatoms. The number of amides is 1. The summed E-state index contributed by atoms with van der Waals surface area (Å²) in [5.74, 6) is -0.204. The van der Waals surface area contributed by atoms with Crippen molar-refractivity contribution in [1.29, 1.82) is 0 Å². The highest BCUT2D eigenvalue weighted by Crippen LogP contribution is 2.19. The van der Waals surface area contributed by atoms with Gasteiger partial charge in [0.2, 0.25) is 11.7 Å². The van der Waals surface area contributed by atoms with E-state index in [1.807, 2.05) is 0 Å². The number of carbonyl (C=O) groups is 2. The molecular weight excluding hydrogens is 346 g/mol. The molecule has 1 atom stereocenters. The molecule has 1 aromatic heterocycles. The van der Waals surface area contributed by atoms with Gasteiger partial charge in [-0.1, -0.05) is 11.6 Å². The average Bonchev–Trinajstić information content (AvgIpc) is 3.10. The molecular formula is C16H18ClN5O3. The Labute approximate surface area is 149 Å². The van der Waals surface area contributed by atoms with Crippen LogP contribution in [-0.2, 0) is 20.9 Å². The van der Waals surface area contributed by atoms with Gasteiger partial charge in [0, 0.05) is 17.1 Å². The first-order valence-corrected chi connectivity index (χ1v) is 8.37. The molecule has 3 rings (SSSR count). The van der Waals surface area contributed by atoms with Gasteiger partial charge in [-0.25, -0.2) is 4.79 Å². The highest BCUT2D eigenvalue weighted by atomic mass is 35.5. The van der Waals surface area contributed by atoms with E-state index in [9.17, 15) is 9.59 Å². The maximum atomic E-state index is 12.6. The van der Waals surface area contributed by atoms with Crippen molar-refractivity contribution >= 4 is 23.5 Å². The molecule has 0 bridgehead atoms. The predicted octanol–water partition coefficient (Wildman–Crippen LogP) is 1.55. The summed E-state index contributed by atoms with van der Waals surface area (Å²) >= 11 is 5.86. The lowest BCUT2D eigenvalue weighted by Crippen LogP contribution is -2.49. The van der Waals surface area contributed by atoms with Crippen LogP contribution in [0.25, 0.3) is 11.4 Å². The van der Waals surface area contributed by atoms with Crippen LogP contribution in [0.3, 0.4) is 0 Å². The fourth-order valence-electron chi connectivity index (χ4n) is 2.85. The maximum absolute atomic E-state index is 12.6. The van der Waals surface area contributed by atoms with Gasteiger partial charge in [0.25, 0.3) is 0 Å². The quantitative estimate of drug-likeness (QED) is 0.765. The number of likely N-dealkylation sites (tertiary alicyclic amines) is 1. The van der Waals surface area contributed by atoms with E-state index in [0.29, 0.717) is 23.8 Å². The van der Waals surface area contributed by atoms with Crippen LogP contribution in [0.1, 0.15) is 19.3 Å². The molecule has 0 saturated carbocycles. The Morgan fingerprint density at radius 2 is 2.04 bits per heavy atom. The Bertz CT molecular complexity index is 761. The summed E-state index contributed by atoms with van der Waals surface area (Å²) < 4.78 is 4.80. The molecule has 2 heterocycles. The van der Waals surface area contributed by atoms with Crippen molar-refractivity contribution in [3.63, 3.8) is 0 Å². The van der Waals surface area contributed by atoms with E-state index < -0.39 is 6.04 Å². The summed E-state index contributed by atoms with van der Waals surface area (Å²) in [5, 5.41) is 12.7. The third kappa shape index (κ3) is 3.96. The summed E-state index contributed by atoms with van der Waals surface area (Å²) in [5.41, 5.74) is 0.758. The number of rotatable bonds is 4. The van der Waals surface area contributed by atoms with Crippen molar-refractivity contribution in [3.05, 3.63) is 29.3 Å². The Kier molecular flexibility index (Phi) is 5.28. The molecule has 8 nitrogen and oxygen atoms in total. The topological polar surface area (TPSA) is 90.2 Å². The smallest absolute Gasteiger partial charge is 0.328 e. The second-order valence-electron chi connectivity index (χ2n) is 5.77. The van der Waals surface area contributed by atoms with Gasteiger partial charge >= 0.3 is 5.97 Å². The zero-order valence-electron chi connectivity index (χ0n) is 13.8. The summed E-state index contributed by atoms with van der Waals surface area (Å²) in [6, 6.07) is 6.49. The number of esters is 1. The molecule has 25 heavy (non-hydrogen) atoms. The number of nitrogens with zero attached hydrogens (tertiary/aromatic N) is 5. The van der Waals surface area contributed by atoms with Gasteiger partial charge in [0.1, 0.15) is 12.6 Å². The molecule has 1 unspecified atom stereocenters. The third-order valence-electron chi connectivity index (χ3n) is 4.13. The number of carbonyl (C=O) groups excluding carboxylic acids is 2. The molecule has 1 aromatic carbocycles. The van der Waals surface area contributed by atoms with Crippen LogP contribution in [-0.4, -0.2) is 56.7 Å². The summed E-state index contributed by atoms with van der Waals surface area (Å²) in [7, 11) is 1.33. The van der Waals surface area contributed by atoms with Crippen molar-refractivity contribution in [2.24, 2.45) is 0 Å². The van der Waals surface area contributed by atoms with Crippen molar-refractivity contribution in [2.75, 3.05) is 13.7 Å². The van der Waals surface area contributed by atoms with E-state index in [1.165, 1.54) is 11.9 Å². The van der Waals surface area contributed by atoms with E-state index in [1.54, 1.807) is 29.2 Å². The third-order valence-corrected chi connectivity index (χ3v) is 4.38. The Balaban J connectivity index is 1.70. The molecule has 1 amide bonds. The first kappa shape index (κ1) is 17.3. The molecule has 132 valence electrons. The van der Waals surface area contributed by atoms with Crippen LogP contribution in [0, 0.1) is 0 Å². The minimum Gasteiger partial charge on any atom is -0.467 e. The van der Waals surface area contributed by atoms with E-state index in [4.69, 9.17) is 16.3 Å². The lowest BCUT2D eigenvalue weighted by atomic mass is 10.0. The number of ether oxygens (including phenoxy) is 1. The zero-order valence-corrected chi connectivity index (χ0v) is 14.5. The number of methoxy groups -OCH3 is 1. The largest absolute Gasteiger partial charge is 0.467 e. The van der Waals surface area contributed by atoms with Gasteiger partial charge < -0.3 is 9.64 Å². The second kappa shape index (κ2) is 7.60. The normalized spacial score (nSPS) is 17.4.